The number of aryl methyl sites for hydroxylation is 1. The normalized spacial score (nSPS) is 10.8. The number of nitrogens with zero attached hydrogens (tertiary/aromatic N) is 1. The summed E-state index contributed by atoms with van der Waals surface area (Å²) in [6.45, 7) is 1.90. The Balaban J connectivity index is 1.66. The van der Waals surface area contributed by atoms with Gasteiger partial charge in [0.1, 0.15) is 5.52 Å². The minimum atomic E-state index is -0.325. The minimum absolute atomic E-state index is 0.325. The van der Waals surface area contributed by atoms with Gasteiger partial charge in [-0.05, 0) is 55.0 Å². The Morgan fingerprint density at radius 2 is 1.69 bits per heavy atom. The minimum Gasteiger partial charge on any atom is -0.493 e. The first-order valence-corrected chi connectivity index (χ1v) is 10.1. The molecular formula is C24H21ClN2O5. The number of carbonyl (C=O) groups excluding carboxylic acids is 1. The molecule has 1 N–H and O–H groups in total. The highest BCUT2D eigenvalue weighted by molar-refractivity contribution is 6.31. The second kappa shape index (κ2) is 8.80. The van der Waals surface area contributed by atoms with Gasteiger partial charge in [0.25, 0.3) is 5.91 Å². The largest absolute Gasteiger partial charge is 0.493 e. The maximum absolute atomic E-state index is 13.0. The molecule has 32 heavy (non-hydrogen) atoms. The van der Waals surface area contributed by atoms with Gasteiger partial charge in [0.15, 0.2) is 17.1 Å². The number of amides is 1. The maximum atomic E-state index is 13.0. The van der Waals surface area contributed by atoms with Gasteiger partial charge in [-0.1, -0.05) is 17.7 Å². The van der Waals surface area contributed by atoms with E-state index in [9.17, 15) is 4.79 Å². The van der Waals surface area contributed by atoms with Gasteiger partial charge in [0, 0.05) is 21.8 Å². The van der Waals surface area contributed by atoms with Crippen LogP contribution in [0.5, 0.6) is 17.2 Å². The first kappa shape index (κ1) is 21.5. The Morgan fingerprint density at radius 1 is 0.969 bits per heavy atom. The van der Waals surface area contributed by atoms with Crippen molar-refractivity contribution in [3.63, 3.8) is 0 Å². The van der Waals surface area contributed by atoms with E-state index in [0.717, 1.165) is 11.1 Å². The van der Waals surface area contributed by atoms with Crippen LogP contribution < -0.4 is 19.5 Å². The number of oxazole rings is 1. The highest BCUT2D eigenvalue weighted by Gasteiger charge is 2.18. The van der Waals surface area contributed by atoms with E-state index < -0.39 is 0 Å². The molecule has 0 fully saturated rings. The lowest BCUT2D eigenvalue weighted by Crippen LogP contribution is -2.13. The monoisotopic (exact) mass is 452 g/mol. The fourth-order valence-corrected chi connectivity index (χ4v) is 3.49. The van der Waals surface area contributed by atoms with Gasteiger partial charge in [-0.2, -0.15) is 0 Å². The highest BCUT2D eigenvalue weighted by atomic mass is 35.5. The molecule has 0 bridgehead atoms. The third-order valence-electron chi connectivity index (χ3n) is 5.01. The van der Waals surface area contributed by atoms with Gasteiger partial charge < -0.3 is 23.9 Å². The number of ether oxygens (including phenoxy) is 3. The Hall–Kier alpha value is -3.71. The Bertz CT molecular complexity index is 1290. The zero-order valence-corrected chi connectivity index (χ0v) is 18.7. The molecule has 164 valence electrons. The lowest BCUT2D eigenvalue weighted by atomic mass is 10.1. The number of carbonyl (C=O) groups is 1. The number of rotatable bonds is 6. The number of hydrogen-bond donors (Lipinski definition) is 1. The topological polar surface area (TPSA) is 82.8 Å². The van der Waals surface area contributed by atoms with Crippen LogP contribution in [0.25, 0.3) is 22.6 Å². The molecule has 4 aromatic rings. The van der Waals surface area contributed by atoms with Crippen LogP contribution in [0.4, 0.5) is 5.69 Å². The van der Waals surface area contributed by atoms with Crippen molar-refractivity contribution in [2.75, 3.05) is 26.6 Å². The Morgan fingerprint density at radius 3 is 2.34 bits per heavy atom. The van der Waals surface area contributed by atoms with Gasteiger partial charge in [-0.3, -0.25) is 4.79 Å². The molecule has 0 saturated heterocycles. The van der Waals surface area contributed by atoms with Crippen LogP contribution in [-0.2, 0) is 0 Å². The van der Waals surface area contributed by atoms with Crippen LogP contribution in [0.3, 0.4) is 0 Å². The van der Waals surface area contributed by atoms with E-state index in [-0.39, 0.29) is 5.91 Å². The number of anilines is 1. The number of fused-ring (bicyclic) bond motifs is 1. The quantitative estimate of drug-likeness (QED) is 0.402. The second-order valence-electron chi connectivity index (χ2n) is 7.03. The van der Waals surface area contributed by atoms with Crippen molar-refractivity contribution in [1.29, 1.82) is 0 Å². The van der Waals surface area contributed by atoms with Gasteiger partial charge in [-0.25, -0.2) is 4.98 Å². The summed E-state index contributed by atoms with van der Waals surface area (Å²) >= 11 is 6.04. The lowest BCUT2D eigenvalue weighted by Gasteiger charge is -2.15. The average molecular weight is 453 g/mol. The zero-order chi connectivity index (χ0) is 22.8. The van der Waals surface area contributed by atoms with E-state index in [1.165, 1.54) is 21.3 Å². The standard InChI is InChI=1S/C24H21ClN2O5/c1-13-5-6-14(24-27-18-12-16(25)7-8-19(18)32-24)9-17(13)26-23(28)15-10-20(29-2)22(31-4)21(11-15)30-3/h5-12H,1-4H3,(H,26,28). The van der Waals surface area contributed by atoms with E-state index in [0.29, 0.717) is 50.5 Å². The number of benzene rings is 3. The summed E-state index contributed by atoms with van der Waals surface area (Å²) in [6, 6.07) is 14.1. The molecule has 0 aliphatic rings. The molecule has 1 aromatic heterocycles. The fraction of sp³-hybridized carbons (Fsp3) is 0.167. The average Bonchev–Trinajstić information content (AvgIpc) is 3.22. The molecule has 0 saturated carbocycles. The third kappa shape index (κ3) is 4.07. The SMILES string of the molecule is COc1cc(C(=O)Nc2cc(-c3nc4cc(Cl)ccc4o3)ccc2C)cc(OC)c1OC. The van der Waals surface area contributed by atoms with Gasteiger partial charge in [-0.15, -0.1) is 0 Å². The summed E-state index contributed by atoms with van der Waals surface area (Å²) in [4.78, 5) is 17.5. The van der Waals surface area contributed by atoms with Crippen molar-refractivity contribution in [3.8, 4) is 28.7 Å². The summed E-state index contributed by atoms with van der Waals surface area (Å²) in [7, 11) is 4.51. The molecule has 0 radical (unpaired) electrons. The van der Waals surface area contributed by atoms with Crippen molar-refractivity contribution < 1.29 is 23.4 Å². The van der Waals surface area contributed by atoms with Crippen molar-refractivity contribution in [2.24, 2.45) is 0 Å². The summed E-state index contributed by atoms with van der Waals surface area (Å²) in [5, 5.41) is 3.52. The predicted molar refractivity (Wildman–Crippen MR) is 123 cm³/mol. The number of hydrogen-bond acceptors (Lipinski definition) is 6. The smallest absolute Gasteiger partial charge is 0.255 e. The molecule has 1 amide bonds. The van der Waals surface area contributed by atoms with Crippen molar-refractivity contribution in [1.82, 2.24) is 4.98 Å². The van der Waals surface area contributed by atoms with E-state index in [4.69, 9.17) is 30.2 Å². The Labute approximate surface area is 189 Å². The highest BCUT2D eigenvalue weighted by Crippen LogP contribution is 2.38. The Kier molecular flexibility index (Phi) is 5.92. The zero-order valence-electron chi connectivity index (χ0n) is 18.0. The van der Waals surface area contributed by atoms with Crippen LogP contribution >= 0.6 is 11.6 Å². The van der Waals surface area contributed by atoms with Crippen LogP contribution in [-0.4, -0.2) is 32.2 Å². The van der Waals surface area contributed by atoms with E-state index >= 15 is 0 Å². The number of aromatic nitrogens is 1. The van der Waals surface area contributed by atoms with Crippen LogP contribution in [0.15, 0.2) is 52.9 Å². The maximum Gasteiger partial charge on any atom is 0.255 e. The number of methoxy groups -OCH3 is 3. The van der Waals surface area contributed by atoms with Gasteiger partial charge in [0.05, 0.1) is 21.3 Å². The second-order valence-corrected chi connectivity index (χ2v) is 7.47. The molecule has 0 spiro atoms. The summed E-state index contributed by atoms with van der Waals surface area (Å²) in [6.07, 6.45) is 0. The molecule has 7 nitrogen and oxygen atoms in total. The first-order chi connectivity index (χ1) is 15.4. The molecule has 0 aliphatic carbocycles. The number of halogens is 1. The summed E-state index contributed by atoms with van der Waals surface area (Å²) < 4.78 is 21.9. The van der Waals surface area contributed by atoms with Crippen LogP contribution in [0.2, 0.25) is 5.02 Å². The fourth-order valence-electron chi connectivity index (χ4n) is 3.32. The van der Waals surface area contributed by atoms with Crippen molar-refractivity contribution in [2.45, 2.75) is 6.92 Å². The van der Waals surface area contributed by atoms with Gasteiger partial charge in [0.2, 0.25) is 11.6 Å². The molecule has 0 atom stereocenters. The van der Waals surface area contributed by atoms with Crippen molar-refractivity contribution in [3.05, 3.63) is 64.7 Å². The van der Waals surface area contributed by atoms with Crippen LogP contribution in [0.1, 0.15) is 15.9 Å². The molecule has 4 rings (SSSR count). The third-order valence-corrected chi connectivity index (χ3v) is 5.24. The van der Waals surface area contributed by atoms with Gasteiger partial charge >= 0.3 is 0 Å². The van der Waals surface area contributed by atoms with E-state index in [2.05, 4.69) is 10.3 Å². The molecule has 1 heterocycles. The van der Waals surface area contributed by atoms with E-state index in [1.54, 1.807) is 30.3 Å². The molecule has 8 heteroatoms. The molecule has 0 unspecified atom stereocenters. The lowest BCUT2D eigenvalue weighted by molar-refractivity contribution is 0.102. The molecule has 0 aliphatic heterocycles. The predicted octanol–water partition coefficient (Wildman–Crippen LogP) is 5.73. The molecular weight excluding hydrogens is 432 g/mol. The molecule has 3 aromatic carbocycles. The van der Waals surface area contributed by atoms with Crippen LogP contribution in [0, 0.1) is 6.92 Å². The summed E-state index contributed by atoms with van der Waals surface area (Å²) in [5.74, 6) is 1.32. The first-order valence-electron chi connectivity index (χ1n) is 9.72. The van der Waals surface area contributed by atoms with E-state index in [1.807, 2.05) is 25.1 Å². The summed E-state index contributed by atoms with van der Waals surface area (Å²) in [5.41, 5.74) is 3.89. The van der Waals surface area contributed by atoms with Crippen molar-refractivity contribution >= 4 is 34.3 Å². The number of nitrogens with one attached hydrogen (secondary N) is 1.